The van der Waals surface area contributed by atoms with Crippen LogP contribution in [0.1, 0.15) is 21.7 Å². The zero-order chi connectivity index (χ0) is 19.4. The Labute approximate surface area is 161 Å². The predicted molar refractivity (Wildman–Crippen MR) is 104 cm³/mol. The number of methoxy groups -OCH3 is 1. The molecule has 1 amide bonds. The van der Waals surface area contributed by atoms with Crippen molar-refractivity contribution in [1.82, 2.24) is 5.43 Å². The van der Waals surface area contributed by atoms with Crippen molar-refractivity contribution < 1.29 is 19.1 Å². The topological polar surface area (TPSA) is 84.1 Å². The molecule has 3 aromatic rings. The Hall–Kier alpha value is -3.25. The number of benzene rings is 2. The SMILES string of the molecule is COc1ccc(C(=O)N/N=C\c2ccc(-c3ccc(C)c(Cl)c3)o2)c(O)c1. The molecule has 0 fully saturated rings. The quantitative estimate of drug-likeness (QED) is 0.505. The van der Waals surface area contributed by atoms with Crippen molar-refractivity contribution in [2.45, 2.75) is 6.92 Å². The number of nitrogens with zero attached hydrogens (tertiary/aromatic N) is 1. The van der Waals surface area contributed by atoms with E-state index < -0.39 is 5.91 Å². The van der Waals surface area contributed by atoms with Gasteiger partial charge in [0.1, 0.15) is 23.0 Å². The van der Waals surface area contributed by atoms with E-state index >= 15 is 0 Å². The first kappa shape index (κ1) is 18.5. The monoisotopic (exact) mass is 384 g/mol. The van der Waals surface area contributed by atoms with Gasteiger partial charge < -0.3 is 14.3 Å². The van der Waals surface area contributed by atoms with Gasteiger partial charge in [-0.1, -0.05) is 23.7 Å². The minimum atomic E-state index is -0.552. The van der Waals surface area contributed by atoms with Crippen molar-refractivity contribution in [2.24, 2.45) is 5.10 Å². The Morgan fingerprint density at radius 1 is 1.22 bits per heavy atom. The van der Waals surface area contributed by atoms with Crippen molar-refractivity contribution in [3.8, 4) is 22.8 Å². The first-order chi connectivity index (χ1) is 13.0. The maximum Gasteiger partial charge on any atom is 0.275 e. The second-order valence-electron chi connectivity index (χ2n) is 5.75. The van der Waals surface area contributed by atoms with Crippen LogP contribution < -0.4 is 10.2 Å². The Kier molecular flexibility index (Phi) is 5.47. The fraction of sp³-hybridized carbons (Fsp3) is 0.100. The van der Waals surface area contributed by atoms with Gasteiger partial charge in [-0.25, -0.2) is 5.43 Å². The van der Waals surface area contributed by atoms with Crippen molar-refractivity contribution in [3.05, 3.63) is 70.4 Å². The molecule has 0 saturated carbocycles. The largest absolute Gasteiger partial charge is 0.507 e. The average Bonchev–Trinajstić information content (AvgIpc) is 3.12. The van der Waals surface area contributed by atoms with E-state index in [2.05, 4.69) is 10.5 Å². The number of aromatic hydroxyl groups is 1. The second-order valence-corrected chi connectivity index (χ2v) is 6.16. The van der Waals surface area contributed by atoms with Gasteiger partial charge in [-0.3, -0.25) is 4.79 Å². The van der Waals surface area contributed by atoms with Crippen LogP contribution >= 0.6 is 11.6 Å². The summed E-state index contributed by atoms with van der Waals surface area (Å²) in [6, 6.07) is 13.5. The molecule has 2 N–H and O–H groups in total. The van der Waals surface area contributed by atoms with E-state index in [9.17, 15) is 9.90 Å². The molecule has 0 atom stereocenters. The minimum absolute atomic E-state index is 0.0855. The van der Waals surface area contributed by atoms with E-state index in [0.717, 1.165) is 11.1 Å². The number of ether oxygens (including phenoxy) is 1. The normalized spacial score (nSPS) is 10.9. The molecule has 0 aliphatic rings. The molecule has 138 valence electrons. The summed E-state index contributed by atoms with van der Waals surface area (Å²) >= 11 is 6.14. The van der Waals surface area contributed by atoms with E-state index in [4.69, 9.17) is 20.8 Å². The molecule has 0 unspecified atom stereocenters. The summed E-state index contributed by atoms with van der Waals surface area (Å²) in [5.74, 6) is 0.799. The Balaban J connectivity index is 1.67. The Bertz CT molecular complexity index is 1010. The van der Waals surface area contributed by atoms with Crippen molar-refractivity contribution in [1.29, 1.82) is 0 Å². The molecule has 1 heterocycles. The summed E-state index contributed by atoms with van der Waals surface area (Å²) in [6.07, 6.45) is 1.37. The molecule has 0 aliphatic heterocycles. The first-order valence-electron chi connectivity index (χ1n) is 8.04. The van der Waals surface area contributed by atoms with E-state index in [1.165, 1.54) is 25.5 Å². The molecule has 0 saturated heterocycles. The molecule has 2 aromatic carbocycles. The number of halogens is 1. The highest BCUT2D eigenvalue weighted by Crippen LogP contribution is 2.26. The zero-order valence-electron chi connectivity index (χ0n) is 14.7. The van der Waals surface area contributed by atoms with Gasteiger partial charge in [0.2, 0.25) is 0 Å². The van der Waals surface area contributed by atoms with Gasteiger partial charge in [0.15, 0.2) is 0 Å². The lowest BCUT2D eigenvalue weighted by Crippen LogP contribution is -2.17. The third-order valence-electron chi connectivity index (χ3n) is 3.89. The van der Waals surface area contributed by atoms with Gasteiger partial charge in [-0.2, -0.15) is 5.10 Å². The number of furan rings is 1. The van der Waals surface area contributed by atoms with Gasteiger partial charge in [0.05, 0.1) is 18.9 Å². The predicted octanol–water partition coefficient (Wildman–Crippen LogP) is 4.39. The molecule has 0 spiro atoms. The van der Waals surface area contributed by atoms with E-state index in [1.54, 1.807) is 18.2 Å². The summed E-state index contributed by atoms with van der Waals surface area (Å²) in [5.41, 5.74) is 4.25. The van der Waals surface area contributed by atoms with Gasteiger partial charge >= 0.3 is 0 Å². The summed E-state index contributed by atoms with van der Waals surface area (Å²) < 4.78 is 10.7. The highest BCUT2D eigenvalue weighted by atomic mass is 35.5. The number of phenolic OH excluding ortho intramolecular Hbond substituents is 1. The molecular formula is C20H17ClN2O4. The molecule has 0 radical (unpaired) electrons. The smallest absolute Gasteiger partial charge is 0.275 e. The number of carbonyl (C=O) groups excluding carboxylic acids is 1. The number of aryl methyl sites for hydroxylation is 1. The number of carbonyl (C=O) groups is 1. The molecular weight excluding hydrogens is 368 g/mol. The van der Waals surface area contributed by atoms with Gasteiger partial charge in [-0.05, 0) is 42.8 Å². The molecule has 6 nitrogen and oxygen atoms in total. The number of phenols is 1. The zero-order valence-corrected chi connectivity index (χ0v) is 15.4. The van der Waals surface area contributed by atoms with Crippen LogP contribution in [0.4, 0.5) is 0 Å². The summed E-state index contributed by atoms with van der Waals surface area (Å²) in [7, 11) is 1.47. The lowest BCUT2D eigenvalue weighted by atomic mass is 10.1. The fourth-order valence-electron chi connectivity index (χ4n) is 2.37. The maximum atomic E-state index is 12.1. The lowest BCUT2D eigenvalue weighted by molar-refractivity contribution is 0.0952. The van der Waals surface area contributed by atoms with Crippen LogP contribution in [0.3, 0.4) is 0 Å². The number of amides is 1. The average molecular weight is 385 g/mol. The number of hydrazone groups is 1. The van der Waals surface area contributed by atoms with E-state index in [-0.39, 0.29) is 11.3 Å². The maximum absolute atomic E-state index is 12.1. The van der Waals surface area contributed by atoms with Crippen LogP contribution in [-0.4, -0.2) is 24.3 Å². The molecule has 0 aliphatic carbocycles. The molecule has 1 aromatic heterocycles. The van der Waals surface area contributed by atoms with Crippen molar-refractivity contribution in [3.63, 3.8) is 0 Å². The number of nitrogens with one attached hydrogen (secondary N) is 1. The highest BCUT2D eigenvalue weighted by Gasteiger charge is 2.11. The Morgan fingerprint density at radius 3 is 2.74 bits per heavy atom. The van der Waals surface area contributed by atoms with Crippen LogP contribution in [-0.2, 0) is 0 Å². The van der Waals surface area contributed by atoms with Crippen LogP contribution in [0.15, 0.2) is 58.0 Å². The lowest BCUT2D eigenvalue weighted by Gasteiger charge is -2.05. The third-order valence-corrected chi connectivity index (χ3v) is 4.30. The summed E-state index contributed by atoms with van der Waals surface area (Å²) in [5, 5.41) is 14.4. The van der Waals surface area contributed by atoms with Crippen LogP contribution in [0.5, 0.6) is 11.5 Å². The first-order valence-corrected chi connectivity index (χ1v) is 8.42. The van der Waals surface area contributed by atoms with Crippen molar-refractivity contribution in [2.75, 3.05) is 7.11 Å². The van der Waals surface area contributed by atoms with Crippen LogP contribution in [0.2, 0.25) is 5.02 Å². The standard InChI is InChI=1S/C20H17ClN2O4/c1-12-3-4-13(9-17(12)21)19-8-6-15(27-19)11-22-23-20(25)16-7-5-14(26-2)10-18(16)24/h3-11,24H,1-2H3,(H,23,25)/b22-11-. The molecule has 27 heavy (non-hydrogen) atoms. The molecule has 0 bridgehead atoms. The number of rotatable bonds is 5. The van der Waals surface area contributed by atoms with Crippen molar-refractivity contribution >= 4 is 23.7 Å². The Morgan fingerprint density at radius 2 is 2.04 bits per heavy atom. The third kappa shape index (κ3) is 4.30. The summed E-state index contributed by atoms with van der Waals surface area (Å²) in [4.78, 5) is 12.1. The second kappa shape index (κ2) is 7.97. The van der Waals surface area contributed by atoms with Crippen LogP contribution in [0.25, 0.3) is 11.3 Å². The number of hydrogen-bond acceptors (Lipinski definition) is 5. The van der Waals surface area contributed by atoms with Crippen LogP contribution in [0, 0.1) is 6.92 Å². The molecule has 3 rings (SSSR count). The highest BCUT2D eigenvalue weighted by molar-refractivity contribution is 6.31. The molecule has 7 heteroatoms. The minimum Gasteiger partial charge on any atom is -0.507 e. The van der Waals surface area contributed by atoms with E-state index in [0.29, 0.717) is 22.3 Å². The van der Waals surface area contributed by atoms with E-state index in [1.807, 2.05) is 25.1 Å². The number of hydrogen-bond donors (Lipinski definition) is 2. The van der Waals surface area contributed by atoms with Gasteiger partial charge in [0.25, 0.3) is 5.91 Å². The van der Waals surface area contributed by atoms with Gasteiger partial charge in [0, 0.05) is 16.7 Å². The van der Waals surface area contributed by atoms with Gasteiger partial charge in [-0.15, -0.1) is 0 Å². The summed E-state index contributed by atoms with van der Waals surface area (Å²) in [6.45, 7) is 1.93. The fourth-order valence-corrected chi connectivity index (χ4v) is 2.55.